The van der Waals surface area contributed by atoms with Crippen molar-refractivity contribution in [3.63, 3.8) is 0 Å². The van der Waals surface area contributed by atoms with Crippen LogP contribution >= 0.6 is 0 Å². The maximum Gasteiger partial charge on any atom is 0.290 e. The van der Waals surface area contributed by atoms with Gasteiger partial charge in [0.1, 0.15) is 11.6 Å². The number of aromatic hydroxyl groups is 1. The van der Waals surface area contributed by atoms with Crippen LogP contribution in [0.5, 0.6) is 11.6 Å². The Labute approximate surface area is 238 Å². The number of pyridine rings is 1. The molecule has 0 spiro atoms. The minimum absolute atomic E-state index is 0.193. The van der Waals surface area contributed by atoms with Gasteiger partial charge in [0.2, 0.25) is 5.88 Å². The molecule has 41 heavy (non-hydrogen) atoms. The van der Waals surface area contributed by atoms with E-state index < -0.39 is 0 Å². The third-order valence-corrected chi connectivity index (χ3v) is 7.25. The molecular formula is C30H36N6O5. The van der Waals surface area contributed by atoms with E-state index >= 15 is 0 Å². The fourth-order valence-electron chi connectivity index (χ4n) is 5.07. The number of carbonyl (C=O) groups is 1. The molecule has 1 aliphatic carbocycles. The van der Waals surface area contributed by atoms with Crippen molar-refractivity contribution < 1.29 is 24.9 Å². The monoisotopic (exact) mass is 560 g/mol. The van der Waals surface area contributed by atoms with Gasteiger partial charge in [0.05, 0.1) is 41.9 Å². The summed E-state index contributed by atoms with van der Waals surface area (Å²) in [5, 5.41) is 35.2. The Morgan fingerprint density at radius 3 is 2.61 bits per heavy atom. The molecule has 0 radical (unpaired) electrons. The highest BCUT2D eigenvalue weighted by molar-refractivity contribution is 6.06. The van der Waals surface area contributed by atoms with Crippen LogP contribution in [0, 0.1) is 6.92 Å². The van der Waals surface area contributed by atoms with Crippen LogP contribution in [0.4, 0.5) is 11.4 Å². The van der Waals surface area contributed by atoms with Gasteiger partial charge in [0.15, 0.2) is 0 Å². The first kappa shape index (κ1) is 29.3. The Bertz CT molecular complexity index is 1540. The first-order chi connectivity index (χ1) is 19.8. The van der Waals surface area contributed by atoms with Gasteiger partial charge in [-0.1, -0.05) is 6.92 Å². The van der Waals surface area contributed by atoms with E-state index in [0.29, 0.717) is 29.4 Å². The molecule has 5 rings (SSSR count). The molecule has 1 fully saturated rings. The van der Waals surface area contributed by atoms with E-state index in [1.165, 1.54) is 0 Å². The Hall–Kier alpha value is -4.64. The largest absolute Gasteiger partial charge is 0.508 e. The Kier molecular flexibility index (Phi) is 9.41. The number of nitrogens with two attached hydrogens (primary N) is 1. The van der Waals surface area contributed by atoms with Crippen molar-refractivity contribution in [2.45, 2.75) is 58.1 Å². The molecule has 4 aromatic rings. The SMILES string of the molecule is CCc1cc(O)ccc1N=C(N)c1cnn2cc(-c3cnc(OC)cc3C)cc2c1N[C@H]1CC[C@H](O)CC1.O=CO. The molecule has 11 heteroatoms. The highest BCUT2D eigenvalue weighted by atomic mass is 16.5. The zero-order valence-electron chi connectivity index (χ0n) is 23.4. The fourth-order valence-corrected chi connectivity index (χ4v) is 5.07. The molecule has 1 saturated carbocycles. The second kappa shape index (κ2) is 13.1. The molecule has 0 unspecified atom stereocenters. The molecule has 216 valence electrons. The number of benzene rings is 1. The van der Waals surface area contributed by atoms with Crippen molar-refractivity contribution in [1.29, 1.82) is 0 Å². The number of ether oxygens (including phenoxy) is 1. The van der Waals surface area contributed by atoms with Crippen LogP contribution in [0.3, 0.4) is 0 Å². The number of nitrogens with zero attached hydrogens (tertiary/aromatic N) is 4. The number of nitrogens with one attached hydrogen (secondary N) is 1. The predicted molar refractivity (Wildman–Crippen MR) is 158 cm³/mol. The molecule has 3 heterocycles. The number of fused-ring (bicyclic) bond motifs is 1. The number of aliphatic imine (C=N–C) groups is 1. The number of anilines is 1. The summed E-state index contributed by atoms with van der Waals surface area (Å²) in [5.41, 5.74) is 13.7. The standard InChI is InChI=1S/C29H34N6O3.CH2O2/c1-4-18-12-22(37)9-10-25(18)34-29(30)24-15-32-35-16-19(23-14-31-27(38-3)11-17(23)2)13-26(35)28(24)33-20-5-7-21(36)8-6-20;2-1-3/h9-16,20-21,33,36-37H,4-8H2,1-3H3,(H2,30,34);1H,(H,2,3)/t20-,21-;. The summed E-state index contributed by atoms with van der Waals surface area (Å²) in [6, 6.07) is 9.29. The molecule has 6 N–H and O–H groups in total. The number of hydrogen-bond acceptors (Lipinski definition) is 8. The number of aliphatic hydroxyl groups is 1. The molecular weight excluding hydrogens is 524 g/mol. The topological polar surface area (TPSA) is 168 Å². The lowest BCUT2D eigenvalue weighted by Crippen LogP contribution is -2.29. The number of rotatable bonds is 7. The van der Waals surface area contributed by atoms with Gasteiger partial charge in [-0.15, -0.1) is 0 Å². The van der Waals surface area contributed by atoms with Gasteiger partial charge in [-0.2, -0.15) is 5.10 Å². The van der Waals surface area contributed by atoms with E-state index in [9.17, 15) is 10.2 Å². The number of aliphatic hydroxyl groups excluding tert-OH is 1. The number of methoxy groups -OCH3 is 1. The highest BCUT2D eigenvalue weighted by Gasteiger charge is 2.23. The maximum atomic E-state index is 10.0. The second-order valence-electron chi connectivity index (χ2n) is 9.95. The summed E-state index contributed by atoms with van der Waals surface area (Å²) in [7, 11) is 1.61. The maximum absolute atomic E-state index is 10.0. The smallest absolute Gasteiger partial charge is 0.290 e. The summed E-state index contributed by atoms with van der Waals surface area (Å²) < 4.78 is 7.11. The summed E-state index contributed by atoms with van der Waals surface area (Å²) in [5.74, 6) is 1.11. The van der Waals surface area contributed by atoms with Crippen molar-refractivity contribution in [3.05, 3.63) is 65.6 Å². The van der Waals surface area contributed by atoms with Gasteiger partial charge in [-0.05, 0) is 74.4 Å². The van der Waals surface area contributed by atoms with Crippen LogP contribution in [0.15, 0.2) is 53.9 Å². The van der Waals surface area contributed by atoms with Crippen LogP contribution in [-0.2, 0) is 11.2 Å². The summed E-state index contributed by atoms with van der Waals surface area (Å²) >= 11 is 0. The van der Waals surface area contributed by atoms with Crippen LogP contribution in [0.25, 0.3) is 16.6 Å². The van der Waals surface area contributed by atoms with E-state index in [1.807, 2.05) is 36.8 Å². The molecule has 0 amide bonds. The van der Waals surface area contributed by atoms with Crippen LogP contribution in [-0.4, -0.2) is 61.5 Å². The molecule has 0 atom stereocenters. The fraction of sp³-hybridized carbons (Fsp3) is 0.333. The number of phenols is 1. The van der Waals surface area contributed by atoms with Gasteiger partial charge >= 0.3 is 0 Å². The van der Waals surface area contributed by atoms with Gasteiger partial charge in [0, 0.05) is 35.6 Å². The third kappa shape index (κ3) is 6.75. The van der Waals surface area contributed by atoms with Crippen LogP contribution in [0.2, 0.25) is 0 Å². The summed E-state index contributed by atoms with van der Waals surface area (Å²) in [6.07, 6.45) is 9.23. The Morgan fingerprint density at radius 1 is 1.22 bits per heavy atom. The lowest BCUT2D eigenvalue weighted by Gasteiger charge is -2.28. The quantitative estimate of drug-likeness (QED) is 0.125. The molecule has 1 aliphatic rings. The van der Waals surface area contributed by atoms with Crippen molar-refractivity contribution in [1.82, 2.24) is 14.6 Å². The van der Waals surface area contributed by atoms with Crippen molar-refractivity contribution in [3.8, 4) is 22.8 Å². The van der Waals surface area contributed by atoms with E-state index in [-0.39, 0.29) is 24.4 Å². The van der Waals surface area contributed by atoms with Gasteiger partial charge in [-0.3, -0.25) is 4.79 Å². The van der Waals surface area contributed by atoms with Gasteiger partial charge < -0.3 is 31.1 Å². The number of carboxylic acid groups (broad SMARTS) is 1. The number of amidine groups is 1. The molecule has 11 nitrogen and oxygen atoms in total. The minimum Gasteiger partial charge on any atom is -0.508 e. The van der Waals surface area contributed by atoms with Crippen molar-refractivity contribution in [2.75, 3.05) is 12.4 Å². The van der Waals surface area contributed by atoms with Crippen molar-refractivity contribution in [2.24, 2.45) is 10.7 Å². The lowest BCUT2D eigenvalue weighted by atomic mass is 9.93. The number of aromatic nitrogens is 3. The zero-order valence-corrected chi connectivity index (χ0v) is 23.4. The highest BCUT2D eigenvalue weighted by Crippen LogP contribution is 2.33. The summed E-state index contributed by atoms with van der Waals surface area (Å²) in [4.78, 5) is 17.5. The first-order valence-electron chi connectivity index (χ1n) is 13.5. The second-order valence-corrected chi connectivity index (χ2v) is 9.95. The number of hydrogen-bond donors (Lipinski definition) is 5. The number of phenolic OH excluding ortho intramolecular Hbond substituents is 1. The lowest BCUT2D eigenvalue weighted by molar-refractivity contribution is -0.122. The number of aryl methyl sites for hydroxylation is 2. The normalized spacial score (nSPS) is 17.0. The Balaban J connectivity index is 0.00000124. The van der Waals surface area contributed by atoms with Crippen molar-refractivity contribution >= 4 is 29.2 Å². The summed E-state index contributed by atoms with van der Waals surface area (Å²) in [6.45, 7) is 3.79. The van der Waals surface area contributed by atoms with E-state index in [0.717, 1.165) is 59.1 Å². The van der Waals surface area contributed by atoms with Gasteiger partial charge in [-0.25, -0.2) is 14.5 Å². The zero-order chi connectivity index (χ0) is 29.5. The van der Waals surface area contributed by atoms with Crippen LogP contribution < -0.4 is 15.8 Å². The third-order valence-electron chi connectivity index (χ3n) is 7.25. The average Bonchev–Trinajstić information content (AvgIpc) is 3.40. The van der Waals surface area contributed by atoms with E-state index in [1.54, 1.807) is 31.5 Å². The molecule has 0 bridgehead atoms. The molecule has 0 aliphatic heterocycles. The van der Waals surface area contributed by atoms with E-state index in [2.05, 4.69) is 21.5 Å². The minimum atomic E-state index is -0.250. The Morgan fingerprint density at radius 2 is 1.95 bits per heavy atom. The average molecular weight is 561 g/mol. The van der Waals surface area contributed by atoms with Crippen LogP contribution in [0.1, 0.15) is 49.3 Å². The first-order valence-corrected chi connectivity index (χ1v) is 13.5. The molecule has 0 saturated heterocycles. The molecule has 1 aromatic carbocycles. The predicted octanol–water partition coefficient (Wildman–Crippen LogP) is 4.43. The van der Waals surface area contributed by atoms with Gasteiger partial charge in [0.25, 0.3) is 6.47 Å². The van der Waals surface area contributed by atoms with E-state index in [4.69, 9.17) is 25.4 Å². The molecule has 3 aromatic heterocycles.